The lowest BCUT2D eigenvalue weighted by Crippen LogP contribution is -2.54. The number of nitrogens with zero attached hydrogens (tertiary/aromatic N) is 8. The zero-order valence-electron chi connectivity index (χ0n) is 20.9. The molecule has 2 aromatic heterocycles. The molecule has 11 nitrogen and oxygen atoms in total. The lowest BCUT2D eigenvalue weighted by Gasteiger charge is -2.37. The summed E-state index contributed by atoms with van der Waals surface area (Å²) in [6, 6.07) is 5.14. The van der Waals surface area contributed by atoms with Gasteiger partial charge in [-0.25, -0.2) is 4.98 Å². The number of piperazine rings is 1. The fourth-order valence-electron chi connectivity index (χ4n) is 4.99. The summed E-state index contributed by atoms with van der Waals surface area (Å²) in [5, 5.41) is 19.0. The summed E-state index contributed by atoms with van der Waals surface area (Å²) in [5.74, 6) is 1.94. The van der Waals surface area contributed by atoms with Gasteiger partial charge in [0.1, 0.15) is 5.02 Å². The van der Waals surface area contributed by atoms with Crippen molar-refractivity contribution >= 4 is 52.5 Å². The molecule has 0 bridgehead atoms. The van der Waals surface area contributed by atoms with E-state index in [2.05, 4.69) is 45.7 Å². The number of carbonyl (C=O) groups excluding carboxylic acids is 1. The Morgan fingerprint density at radius 1 is 1.16 bits per heavy atom. The summed E-state index contributed by atoms with van der Waals surface area (Å²) in [5.41, 5.74) is 0.887. The molecule has 0 saturated carbocycles. The highest BCUT2D eigenvalue weighted by Gasteiger charge is 2.35. The van der Waals surface area contributed by atoms with Gasteiger partial charge in [-0.1, -0.05) is 46.1 Å². The van der Waals surface area contributed by atoms with E-state index in [1.54, 1.807) is 18.3 Å². The van der Waals surface area contributed by atoms with E-state index in [1.165, 1.54) is 0 Å². The van der Waals surface area contributed by atoms with Crippen molar-refractivity contribution in [3.05, 3.63) is 50.9 Å². The minimum absolute atomic E-state index is 0.0998. The van der Waals surface area contributed by atoms with E-state index in [9.17, 15) is 4.79 Å². The number of hydrogen-bond acceptors (Lipinski definition) is 9. The topological polar surface area (TPSA) is 119 Å². The highest BCUT2D eigenvalue weighted by molar-refractivity contribution is 6.35. The van der Waals surface area contributed by atoms with Gasteiger partial charge in [0, 0.05) is 49.2 Å². The quantitative estimate of drug-likeness (QED) is 0.413. The third kappa shape index (κ3) is 6.12. The van der Waals surface area contributed by atoms with Crippen LogP contribution in [0.2, 0.25) is 15.1 Å². The zero-order valence-corrected chi connectivity index (χ0v) is 23.2. The average Bonchev–Trinajstić information content (AvgIpc) is 3.60. The number of carbonyl (C=O) groups is 1. The van der Waals surface area contributed by atoms with Crippen LogP contribution in [0, 0.1) is 0 Å². The zero-order chi connectivity index (χ0) is 26.6. The first-order valence-electron chi connectivity index (χ1n) is 12.6. The van der Waals surface area contributed by atoms with Gasteiger partial charge in [-0.05, 0) is 44.0 Å². The van der Waals surface area contributed by atoms with E-state index in [1.807, 2.05) is 17.9 Å². The Morgan fingerprint density at radius 3 is 2.71 bits per heavy atom. The maximum Gasteiger partial charge on any atom is 0.240 e. The highest BCUT2D eigenvalue weighted by Crippen LogP contribution is 2.31. The molecule has 2 saturated heterocycles. The molecule has 14 heteroatoms. The molecular weight excluding hydrogens is 551 g/mol. The van der Waals surface area contributed by atoms with Crippen molar-refractivity contribution < 1.29 is 4.79 Å². The third-order valence-electron chi connectivity index (χ3n) is 7.05. The van der Waals surface area contributed by atoms with Crippen molar-refractivity contribution in [1.82, 2.24) is 40.4 Å². The first-order chi connectivity index (χ1) is 18.4. The Bertz CT molecular complexity index is 1250. The van der Waals surface area contributed by atoms with Crippen molar-refractivity contribution in [3.63, 3.8) is 0 Å². The number of tetrazole rings is 1. The second kappa shape index (κ2) is 12.0. The number of nitrogens with one attached hydrogen (secondary N) is 2. The molecule has 0 unspecified atom stereocenters. The number of H-pyrrole nitrogens is 1. The molecule has 2 fully saturated rings. The summed E-state index contributed by atoms with van der Waals surface area (Å²) < 4.78 is 0. The second-order valence-corrected chi connectivity index (χ2v) is 10.7. The summed E-state index contributed by atoms with van der Waals surface area (Å²) in [7, 11) is 0. The van der Waals surface area contributed by atoms with Crippen LogP contribution >= 0.6 is 34.8 Å². The number of amides is 1. The van der Waals surface area contributed by atoms with E-state index in [0.29, 0.717) is 65.3 Å². The minimum Gasteiger partial charge on any atom is -0.362 e. The standard InChI is InChI=1S/C24H29Cl3N10O/c1-15(17-5-4-16(25)13-18(17)26)29-22-19(27)14-28-24(30-22)37-11-9-36(10-12-37)23(38)20-3-2-7-35(20)8-6-21-31-33-34-32-21/h4-5,13-15,20H,2-3,6-12H2,1H3,(H,28,29,30)(H,31,32,33,34)/t15-,20-/m1/s1. The fraction of sp³-hybridized carbons (Fsp3) is 0.500. The van der Waals surface area contributed by atoms with Crippen LogP contribution in [0.15, 0.2) is 24.4 Å². The monoisotopic (exact) mass is 578 g/mol. The third-order valence-corrected chi connectivity index (χ3v) is 7.89. The summed E-state index contributed by atoms with van der Waals surface area (Å²) >= 11 is 18.8. The molecule has 0 spiro atoms. The van der Waals surface area contributed by atoms with Crippen molar-refractivity contribution in [2.75, 3.05) is 49.5 Å². The molecule has 1 amide bonds. The maximum atomic E-state index is 13.4. The van der Waals surface area contributed by atoms with Crippen LogP contribution in [0.4, 0.5) is 11.8 Å². The molecule has 2 aliphatic rings. The number of likely N-dealkylation sites (tertiary alicyclic amines) is 1. The van der Waals surface area contributed by atoms with E-state index >= 15 is 0 Å². The largest absolute Gasteiger partial charge is 0.362 e. The van der Waals surface area contributed by atoms with Crippen molar-refractivity contribution in [2.24, 2.45) is 0 Å². The van der Waals surface area contributed by atoms with Crippen molar-refractivity contribution in [2.45, 2.75) is 38.3 Å². The molecule has 2 N–H and O–H groups in total. The molecule has 202 valence electrons. The Hall–Kier alpha value is -2.73. The van der Waals surface area contributed by atoms with Crippen LogP contribution in [0.1, 0.15) is 37.2 Å². The highest BCUT2D eigenvalue weighted by atomic mass is 35.5. The van der Waals surface area contributed by atoms with Crippen molar-refractivity contribution in [3.8, 4) is 0 Å². The normalized spacial score (nSPS) is 19.1. The van der Waals surface area contributed by atoms with Gasteiger partial charge in [-0.2, -0.15) is 10.2 Å². The molecule has 2 aliphatic heterocycles. The van der Waals surface area contributed by atoms with Crippen LogP contribution in [-0.2, 0) is 11.2 Å². The average molecular weight is 580 g/mol. The van der Waals surface area contributed by atoms with Crippen LogP contribution in [0.25, 0.3) is 0 Å². The van der Waals surface area contributed by atoms with E-state index in [-0.39, 0.29) is 18.0 Å². The Balaban J connectivity index is 1.18. The van der Waals surface area contributed by atoms with Crippen LogP contribution in [-0.4, -0.2) is 91.6 Å². The minimum atomic E-state index is -0.149. The van der Waals surface area contributed by atoms with E-state index in [4.69, 9.17) is 34.8 Å². The van der Waals surface area contributed by atoms with E-state index in [0.717, 1.165) is 31.5 Å². The molecule has 5 rings (SSSR count). The Labute approximate surface area is 235 Å². The number of halogens is 3. The van der Waals surface area contributed by atoms with Gasteiger partial charge in [0.15, 0.2) is 11.6 Å². The molecule has 4 heterocycles. The van der Waals surface area contributed by atoms with Gasteiger partial charge in [0.25, 0.3) is 0 Å². The lowest BCUT2D eigenvalue weighted by atomic mass is 10.1. The van der Waals surface area contributed by atoms with Crippen molar-refractivity contribution in [1.29, 1.82) is 0 Å². The van der Waals surface area contributed by atoms with Gasteiger partial charge < -0.3 is 15.1 Å². The Kier molecular flexibility index (Phi) is 8.47. The number of benzene rings is 1. The molecule has 2 atom stereocenters. The lowest BCUT2D eigenvalue weighted by molar-refractivity contribution is -0.136. The van der Waals surface area contributed by atoms with Gasteiger partial charge >= 0.3 is 0 Å². The molecule has 0 aliphatic carbocycles. The number of aromatic amines is 1. The van der Waals surface area contributed by atoms with E-state index < -0.39 is 0 Å². The number of hydrogen-bond donors (Lipinski definition) is 2. The van der Waals surface area contributed by atoms with Gasteiger partial charge in [0.05, 0.1) is 18.3 Å². The first-order valence-corrected chi connectivity index (χ1v) is 13.8. The summed E-state index contributed by atoms with van der Waals surface area (Å²) in [6.45, 7) is 6.12. The predicted octanol–water partition coefficient (Wildman–Crippen LogP) is 3.48. The molecule has 3 aromatic rings. The first kappa shape index (κ1) is 26.9. The fourth-order valence-corrected chi connectivity index (χ4v) is 5.71. The van der Waals surface area contributed by atoms with Gasteiger partial charge in [-0.15, -0.1) is 10.2 Å². The molecule has 0 radical (unpaired) electrons. The van der Waals surface area contributed by atoms with Crippen LogP contribution in [0.3, 0.4) is 0 Å². The SMILES string of the molecule is C[C@@H](Nc1nc(N2CCN(C(=O)[C@H]3CCCN3CCc3nn[nH]n3)CC2)ncc1Cl)c1ccc(Cl)cc1Cl. The summed E-state index contributed by atoms with van der Waals surface area (Å²) in [4.78, 5) is 28.8. The van der Waals surface area contributed by atoms with Crippen LogP contribution in [0.5, 0.6) is 0 Å². The number of anilines is 2. The molecule has 1 aromatic carbocycles. The molecular formula is C24H29Cl3N10O. The second-order valence-electron chi connectivity index (χ2n) is 9.48. The number of rotatable bonds is 8. The van der Waals surface area contributed by atoms with Gasteiger partial charge in [0.2, 0.25) is 11.9 Å². The maximum absolute atomic E-state index is 13.4. The predicted molar refractivity (Wildman–Crippen MR) is 147 cm³/mol. The van der Waals surface area contributed by atoms with Crippen LogP contribution < -0.4 is 10.2 Å². The summed E-state index contributed by atoms with van der Waals surface area (Å²) in [6.07, 6.45) is 4.15. The smallest absolute Gasteiger partial charge is 0.240 e. The number of aromatic nitrogens is 6. The van der Waals surface area contributed by atoms with Gasteiger partial charge in [-0.3, -0.25) is 9.69 Å². The molecule has 38 heavy (non-hydrogen) atoms. The Morgan fingerprint density at radius 2 is 1.97 bits per heavy atom.